The van der Waals surface area contributed by atoms with Crippen molar-refractivity contribution in [2.75, 3.05) is 39.3 Å². The Morgan fingerprint density at radius 2 is 1.83 bits per heavy atom. The van der Waals surface area contributed by atoms with Gasteiger partial charge in [-0.05, 0) is 32.7 Å². The Kier molecular flexibility index (Phi) is 9.11. The molecule has 3 N–H and O–H groups in total. The molecule has 1 amide bonds. The van der Waals surface area contributed by atoms with E-state index in [0.29, 0.717) is 19.1 Å². The van der Waals surface area contributed by atoms with Crippen molar-refractivity contribution in [3.63, 3.8) is 0 Å². The molecular weight excluding hydrogens is 302 g/mol. The number of aliphatic imine (C=N–C) groups is 1. The fourth-order valence-electron chi connectivity index (χ4n) is 2.73. The molecular formula is C18H37N5O. The molecule has 6 heteroatoms. The number of carbonyl (C=O) groups is 1. The molecule has 1 heterocycles. The van der Waals surface area contributed by atoms with Gasteiger partial charge in [-0.3, -0.25) is 9.79 Å². The van der Waals surface area contributed by atoms with Crippen LogP contribution in [-0.4, -0.2) is 62.1 Å². The Balaban J connectivity index is 2.36. The van der Waals surface area contributed by atoms with E-state index >= 15 is 0 Å². The largest absolute Gasteiger partial charge is 0.357 e. The summed E-state index contributed by atoms with van der Waals surface area (Å²) in [5.74, 6) is 0.926. The van der Waals surface area contributed by atoms with Gasteiger partial charge in [0.05, 0.1) is 6.54 Å². The van der Waals surface area contributed by atoms with Crippen molar-refractivity contribution in [1.29, 1.82) is 0 Å². The first kappa shape index (κ1) is 20.7. The zero-order valence-electron chi connectivity index (χ0n) is 16.2. The summed E-state index contributed by atoms with van der Waals surface area (Å²) in [5, 5.41) is 9.77. The second-order valence-corrected chi connectivity index (χ2v) is 7.53. The fraction of sp³-hybridized carbons (Fsp3) is 0.889. The molecule has 1 saturated heterocycles. The summed E-state index contributed by atoms with van der Waals surface area (Å²) in [4.78, 5) is 19.0. The van der Waals surface area contributed by atoms with E-state index in [4.69, 9.17) is 0 Å². The minimum absolute atomic E-state index is 0.0685. The first-order valence-corrected chi connectivity index (χ1v) is 9.42. The number of piperidine rings is 1. The van der Waals surface area contributed by atoms with E-state index in [9.17, 15) is 4.79 Å². The van der Waals surface area contributed by atoms with Gasteiger partial charge in [-0.2, -0.15) is 0 Å². The van der Waals surface area contributed by atoms with Crippen molar-refractivity contribution < 1.29 is 4.79 Å². The summed E-state index contributed by atoms with van der Waals surface area (Å²) in [6, 6.07) is 0.486. The summed E-state index contributed by atoms with van der Waals surface area (Å²) in [6.45, 7) is 15.6. The van der Waals surface area contributed by atoms with Crippen molar-refractivity contribution in [2.45, 2.75) is 59.9 Å². The average molecular weight is 340 g/mol. The average Bonchev–Trinajstić information content (AvgIpc) is 2.52. The maximum Gasteiger partial charge on any atom is 0.225 e. The normalized spacial score (nSPS) is 17.6. The van der Waals surface area contributed by atoms with Gasteiger partial charge in [-0.15, -0.1) is 0 Å². The Morgan fingerprint density at radius 1 is 1.17 bits per heavy atom. The van der Waals surface area contributed by atoms with E-state index in [0.717, 1.165) is 38.4 Å². The molecule has 1 aliphatic rings. The van der Waals surface area contributed by atoms with Crippen LogP contribution in [0.2, 0.25) is 0 Å². The van der Waals surface area contributed by atoms with Crippen LogP contribution < -0.4 is 16.0 Å². The quantitative estimate of drug-likeness (QED) is 0.374. The van der Waals surface area contributed by atoms with Crippen LogP contribution in [0.15, 0.2) is 4.99 Å². The van der Waals surface area contributed by atoms with Gasteiger partial charge in [-0.25, -0.2) is 0 Å². The predicted molar refractivity (Wildman–Crippen MR) is 101 cm³/mol. The van der Waals surface area contributed by atoms with Gasteiger partial charge in [0.1, 0.15) is 0 Å². The molecule has 0 atom stereocenters. The molecule has 0 bridgehead atoms. The van der Waals surface area contributed by atoms with Crippen molar-refractivity contribution >= 4 is 11.9 Å². The van der Waals surface area contributed by atoms with Crippen LogP contribution in [0.25, 0.3) is 0 Å². The lowest BCUT2D eigenvalue weighted by Gasteiger charge is -2.32. The number of rotatable bonds is 7. The maximum atomic E-state index is 11.8. The first-order chi connectivity index (χ1) is 11.4. The van der Waals surface area contributed by atoms with Crippen LogP contribution in [0.5, 0.6) is 0 Å². The van der Waals surface area contributed by atoms with Gasteiger partial charge >= 0.3 is 0 Å². The third-order valence-electron chi connectivity index (χ3n) is 4.16. The molecule has 6 nitrogen and oxygen atoms in total. The van der Waals surface area contributed by atoms with Crippen LogP contribution in [-0.2, 0) is 4.79 Å². The van der Waals surface area contributed by atoms with Gasteiger partial charge in [0, 0.05) is 37.6 Å². The molecule has 24 heavy (non-hydrogen) atoms. The molecule has 1 aliphatic heterocycles. The predicted octanol–water partition coefficient (Wildman–Crippen LogP) is 1.58. The minimum atomic E-state index is -0.348. The van der Waals surface area contributed by atoms with Gasteiger partial charge in [0.25, 0.3) is 0 Å². The molecule has 140 valence electrons. The molecule has 0 unspecified atom stereocenters. The van der Waals surface area contributed by atoms with Crippen LogP contribution in [0.3, 0.4) is 0 Å². The number of hydrogen-bond donors (Lipinski definition) is 3. The monoisotopic (exact) mass is 339 g/mol. The lowest BCUT2D eigenvalue weighted by Crippen LogP contribution is -2.49. The van der Waals surface area contributed by atoms with Crippen LogP contribution in [0.1, 0.15) is 53.9 Å². The Hall–Kier alpha value is -1.30. The summed E-state index contributed by atoms with van der Waals surface area (Å²) >= 11 is 0. The van der Waals surface area contributed by atoms with Crippen molar-refractivity contribution in [1.82, 2.24) is 20.9 Å². The van der Waals surface area contributed by atoms with Crippen molar-refractivity contribution in [3.05, 3.63) is 0 Å². The number of hydrogen-bond acceptors (Lipinski definition) is 3. The van der Waals surface area contributed by atoms with Crippen molar-refractivity contribution in [2.24, 2.45) is 10.4 Å². The maximum absolute atomic E-state index is 11.8. The molecule has 1 rings (SSSR count). The number of guanidine groups is 1. The molecule has 0 saturated carbocycles. The summed E-state index contributed by atoms with van der Waals surface area (Å²) in [6.07, 6.45) is 3.54. The number of amides is 1. The zero-order valence-corrected chi connectivity index (χ0v) is 16.2. The molecule has 0 aromatic rings. The van der Waals surface area contributed by atoms with Crippen LogP contribution >= 0.6 is 0 Å². The fourth-order valence-corrected chi connectivity index (χ4v) is 2.73. The van der Waals surface area contributed by atoms with Crippen molar-refractivity contribution in [3.8, 4) is 0 Å². The highest BCUT2D eigenvalue weighted by Crippen LogP contribution is 2.12. The van der Waals surface area contributed by atoms with Gasteiger partial charge in [0.2, 0.25) is 5.91 Å². The summed E-state index contributed by atoms with van der Waals surface area (Å²) in [7, 11) is 0. The van der Waals surface area contributed by atoms with Gasteiger partial charge < -0.3 is 20.9 Å². The Bertz CT molecular complexity index is 395. The van der Waals surface area contributed by atoms with E-state index in [1.807, 2.05) is 20.8 Å². The first-order valence-electron chi connectivity index (χ1n) is 9.42. The van der Waals surface area contributed by atoms with Gasteiger partial charge in [0.15, 0.2) is 5.96 Å². The standard InChI is InChI=1S/C18H37N5O/c1-6-12-23-13-8-15(9-14-23)22-17(19-7-2)21-11-10-20-16(24)18(3,4)5/h15H,6-14H2,1-5H3,(H,20,24)(H2,19,21,22). The second kappa shape index (κ2) is 10.5. The molecule has 0 aromatic carbocycles. The molecule has 0 spiro atoms. The number of nitrogens with one attached hydrogen (secondary N) is 3. The number of carbonyl (C=O) groups excluding carboxylic acids is 1. The highest BCUT2D eigenvalue weighted by Gasteiger charge is 2.21. The smallest absolute Gasteiger partial charge is 0.225 e. The summed E-state index contributed by atoms with van der Waals surface area (Å²) < 4.78 is 0. The van der Waals surface area contributed by atoms with Crippen LogP contribution in [0, 0.1) is 5.41 Å². The number of likely N-dealkylation sites (tertiary alicyclic amines) is 1. The lowest BCUT2D eigenvalue weighted by atomic mass is 9.96. The highest BCUT2D eigenvalue weighted by atomic mass is 16.2. The molecule has 0 radical (unpaired) electrons. The zero-order chi connectivity index (χ0) is 18.0. The number of nitrogens with zero attached hydrogens (tertiary/aromatic N) is 2. The van der Waals surface area contributed by atoms with E-state index < -0.39 is 0 Å². The second-order valence-electron chi connectivity index (χ2n) is 7.53. The third-order valence-corrected chi connectivity index (χ3v) is 4.16. The Morgan fingerprint density at radius 3 is 2.38 bits per heavy atom. The molecule has 0 aromatic heterocycles. The third kappa shape index (κ3) is 7.99. The molecule has 0 aliphatic carbocycles. The van der Waals surface area contributed by atoms with E-state index in [1.54, 1.807) is 0 Å². The van der Waals surface area contributed by atoms with E-state index in [-0.39, 0.29) is 11.3 Å². The highest BCUT2D eigenvalue weighted by molar-refractivity contribution is 5.81. The minimum Gasteiger partial charge on any atom is -0.357 e. The van der Waals surface area contributed by atoms with Gasteiger partial charge in [-0.1, -0.05) is 27.7 Å². The van der Waals surface area contributed by atoms with Crippen LogP contribution in [0.4, 0.5) is 0 Å². The Labute approximate surface area is 147 Å². The van der Waals surface area contributed by atoms with E-state index in [1.165, 1.54) is 13.0 Å². The topological polar surface area (TPSA) is 68.8 Å². The molecule has 1 fully saturated rings. The lowest BCUT2D eigenvalue weighted by molar-refractivity contribution is -0.128. The summed E-state index contributed by atoms with van der Waals surface area (Å²) in [5.41, 5.74) is -0.348. The van der Waals surface area contributed by atoms with E-state index in [2.05, 4.69) is 39.7 Å². The SMILES string of the molecule is CCCN1CCC(NC(=NCCNC(=O)C(C)(C)C)NCC)CC1.